The first-order chi connectivity index (χ1) is 11.6. The summed E-state index contributed by atoms with van der Waals surface area (Å²) in [5.74, 6) is -0.441. The predicted octanol–water partition coefficient (Wildman–Crippen LogP) is 3.07. The van der Waals surface area contributed by atoms with Gasteiger partial charge in [0.2, 0.25) is 0 Å². The van der Waals surface area contributed by atoms with Crippen LogP contribution < -0.4 is 0 Å². The highest BCUT2D eigenvalue weighted by Gasteiger charge is 2.61. The van der Waals surface area contributed by atoms with E-state index in [0.29, 0.717) is 36.8 Å². The van der Waals surface area contributed by atoms with Gasteiger partial charge in [0.1, 0.15) is 12.2 Å². The molecule has 2 fully saturated rings. The maximum absolute atomic E-state index is 12.1. The maximum Gasteiger partial charge on any atom is 0.334 e. The van der Waals surface area contributed by atoms with Crippen LogP contribution in [-0.4, -0.2) is 34.9 Å². The van der Waals surface area contributed by atoms with Crippen LogP contribution in [0, 0.1) is 11.3 Å². The average molecular weight is 348 g/mol. The quantitative estimate of drug-likeness (QED) is 0.613. The van der Waals surface area contributed by atoms with Gasteiger partial charge < -0.3 is 14.6 Å². The van der Waals surface area contributed by atoms with Crippen molar-refractivity contribution in [1.82, 2.24) is 0 Å². The molecule has 1 aliphatic heterocycles. The zero-order valence-corrected chi connectivity index (χ0v) is 15.7. The number of carbonyl (C=O) groups is 2. The van der Waals surface area contributed by atoms with Crippen LogP contribution in [0.5, 0.6) is 0 Å². The zero-order valence-electron chi connectivity index (χ0n) is 15.7. The molecule has 2 aliphatic carbocycles. The molecule has 5 atom stereocenters. The molecular formula is C20H28O5. The Labute approximate surface area is 149 Å². The van der Waals surface area contributed by atoms with Crippen LogP contribution in [0.25, 0.3) is 0 Å². The number of rotatable bonds is 2. The maximum atomic E-state index is 12.1. The first-order valence-electron chi connectivity index (χ1n) is 9.08. The molecule has 0 aromatic carbocycles. The van der Waals surface area contributed by atoms with Crippen molar-refractivity contribution >= 4 is 11.9 Å². The number of esters is 2. The second kappa shape index (κ2) is 5.97. The van der Waals surface area contributed by atoms with Gasteiger partial charge in [-0.2, -0.15) is 0 Å². The zero-order chi connectivity index (χ0) is 18.6. The Kier molecular flexibility index (Phi) is 4.34. The minimum Gasteiger partial charge on any atom is -0.459 e. The van der Waals surface area contributed by atoms with Gasteiger partial charge in [0.05, 0.1) is 5.60 Å². The molecule has 5 nitrogen and oxygen atoms in total. The molecule has 0 saturated heterocycles. The number of fused-ring (bicyclic) bond motifs is 2. The van der Waals surface area contributed by atoms with Gasteiger partial charge >= 0.3 is 11.9 Å². The van der Waals surface area contributed by atoms with Gasteiger partial charge in [0.25, 0.3) is 0 Å². The van der Waals surface area contributed by atoms with Crippen molar-refractivity contribution in [2.75, 3.05) is 0 Å². The third-order valence-corrected chi connectivity index (χ3v) is 6.87. The Hall–Kier alpha value is -1.62. The van der Waals surface area contributed by atoms with Crippen LogP contribution in [0.1, 0.15) is 60.3 Å². The van der Waals surface area contributed by atoms with E-state index in [1.165, 1.54) is 0 Å². The van der Waals surface area contributed by atoms with E-state index in [1.807, 2.05) is 6.92 Å². The Morgan fingerprint density at radius 2 is 2.08 bits per heavy atom. The van der Waals surface area contributed by atoms with E-state index in [0.717, 1.165) is 5.57 Å². The van der Waals surface area contributed by atoms with Gasteiger partial charge in [-0.25, -0.2) is 9.59 Å². The molecule has 0 radical (unpaired) electrons. The van der Waals surface area contributed by atoms with E-state index in [9.17, 15) is 14.7 Å². The summed E-state index contributed by atoms with van der Waals surface area (Å²) < 4.78 is 11.1. The summed E-state index contributed by atoms with van der Waals surface area (Å²) in [5.41, 5.74) is 0.926. The molecule has 2 saturated carbocycles. The van der Waals surface area contributed by atoms with Crippen molar-refractivity contribution in [3.8, 4) is 0 Å². The van der Waals surface area contributed by atoms with E-state index in [-0.39, 0.29) is 35.5 Å². The van der Waals surface area contributed by atoms with Gasteiger partial charge in [-0.05, 0) is 45.1 Å². The first kappa shape index (κ1) is 18.2. The van der Waals surface area contributed by atoms with E-state index < -0.39 is 5.60 Å². The molecule has 138 valence electrons. The molecule has 0 bridgehead atoms. The van der Waals surface area contributed by atoms with Gasteiger partial charge in [-0.15, -0.1) is 0 Å². The van der Waals surface area contributed by atoms with Gasteiger partial charge in [0.15, 0.2) is 0 Å². The Morgan fingerprint density at radius 3 is 2.72 bits per heavy atom. The molecule has 0 aromatic rings. The van der Waals surface area contributed by atoms with Crippen molar-refractivity contribution < 1.29 is 24.2 Å². The lowest BCUT2D eigenvalue weighted by Gasteiger charge is -2.57. The lowest BCUT2D eigenvalue weighted by atomic mass is 9.51. The minimum atomic E-state index is -1.02. The van der Waals surface area contributed by atoms with Crippen LogP contribution in [0.3, 0.4) is 0 Å². The highest BCUT2D eigenvalue weighted by Crippen LogP contribution is 2.59. The normalized spacial score (nSPS) is 41.1. The number of allylic oxidation sites excluding steroid dienone is 1. The highest BCUT2D eigenvalue weighted by molar-refractivity contribution is 5.91. The van der Waals surface area contributed by atoms with Crippen LogP contribution in [0.4, 0.5) is 0 Å². The summed E-state index contributed by atoms with van der Waals surface area (Å²) in [7, 11) is 0. The highest BCUT2D eigenvalue weighted by atomic mass is 16.6. The van der Waals surface area contributed by atoms with Crippen molar-refractivity contribution in [2.45, 2.75) is 78.1 Å². The summed E-state index contributed by atoms with van der Waals surface area (Å²) in [4.78, 5) is 24.0. The van der Waals surface area contributed by atoms with Crippen LogP contribution in [-0.2, 0) is 19.1 Å². The summed E-state index contributed by atoms with van der Waals surface area (Å²) in [6.45, 7) is 9.53. The number of carbonyl (C=O) groups excluding carboxylic acids is 2. The van der Waals surface area contributed by atoms with Gasteiger partial charge in [-0.3, -0.25) is 0 Å². The molecule has 3 aliphatic rings. The molecule has 5 heteroatoms. The Balaban J connectivity index is 1.85. The van der Waals surface area contributed by atoms with Crippen molar-refractivity contribution in [1.29, 1.82) is 0 Å². The standard InChI is InChI=1S/C20H28O5/c1-6-11(2)17(21)24-14-7-12(3)19(5)9-15-13(4)18(22)25-16(15)10-20(19,23)8-14/h6,12,14,16,23H,7-10H2,1-5H3/b11-6-/t12-,14+,16-,19+,20-/m0/s1. The fourth-order valence-corrected chi connectivity index (χ4v) is 4.69. The van der Waals surface area contributed by atoms with Gasteiger partial charge in [0, 0.05) is 29.4 Å². The van der Waals surface area contributed by atoms with Crippen LogP contribution in [0.2, 0.25) is 0 Å². The molecular weight excluding hydrogens is 320 g/mol. The molecule has 0 unspecified atom stereocenters. The third kappa shape index (κ3) is 2.73. The largest absolute Gasteiger partial charge is 0.459 e. The van der Waals surface area contributed by atoms with Crippen molar-refractivity contribution in [3.63, 3.8) is 0 Å². The first-order valence-corrected chi connectivity index (χ1v) is 9.08. The Morgan fingerprint density at radius 1 is 1.40 bits per heavy atom. The van der Waals surface area contributed by atoms with Crippen LogP contribution >= 0.6 is 0 Å². The second-order valence-electron chi connectivity index (χ2n) is 8.21. The fraction of sp³-hybridized carbons (Fsp3) is 0.700. The minimum absolute atomic E-state index is 0.159. The molecule has 0 spiro atoms. The lowest BCUT2D eigenvalue weighted by molar-refractivity contribution is -0.200. The molecule has 0 amide bonds. The number of hydrogen-bond acceptors (Lipinski definition) is 5. The third-order valence-electron chi connectivity index (χ3n) is 6.87. The second-order valence-corrected chi connectivity index (χ2v) is 8.21. The summed E-state index contributed by atoms with van der Waals surface area (Å²) in [6.07, 6.45) is 3.20. The molecule has 1 heterocycles. The van der Waals surface area contributed by atoms with E-state index in [1.54, 1.807) is 19.9 Å². The molecule has 3 rings (SSSR count). The smallest absolute Gasteiger partial charge is 0.334 e. The molecule has 25 heavy (non-hydrogen) atoms. The molecule has 0 aromatic heterocycles. The monoisotopic (exact) mass is 348 g/mol. The van der Waals surface area contributed by atoms with Gasteiger partial charge in [-0.1, -0.05) is 19.9 Å². The topological polar surface area (TPSA) is 72.8 Å². The van der Waals surface area contributed by atoms with E-state index >= 15 is 0 Å². The van der Waals surface area contributed by atoms with E-state index in [2.05, 4.69) is 13.8 Å². The van der Waals surface area contributed by atoms with Crippen molar-refractivity contribution in [2.24, 2.45) is 11.3 Å². The summed E-state index contributed by atoms with van der Waals surface area (Å²) in [5, 5.41) is 11.5. The SMILES string of the molecule is C/C=C(/C)C(=O)O[C@@H]1C[C@H](C)[C@@]2(C)CC3=C(C)C(=O)O[C@H]3C[C@@]2(O)C1. The fourth-order valence-electron chi connectivity index (χ4n) is 4.69. The van der Waals surface area contributed by atoms with E-state index in [4.69, 9.17) is 9.47 Å². The Bertz CT molecular complexity index is 676. The number of ether oxygens (including phenoxy) is 2. The molecule has 1 N–H and O–H groups in total. The number of hydrogen-bond donors (Lipinski definition) is 1. The summed E-state index contributed by atoms with van der Waals surface area (Å²) in [6, 6.07) is 0. The summed E-state index contributed by atoms with van der Waals surface area (Å²) >= 11 is 0. The van der Waals surface area contributed by atoms with Crippen LogP contribution in [0.15, 0.2) is 22.8 Å². The van der Waals surface area contributed by atoms with Crippen molar-refractivity contribution in [3.05, 3.63) is 22.8 Å². The average Bonchev–Trinajstić information content (AvgIpc) is 2.79. The number of aliphatic hydroxyl groups is 1. The lowest BCUT2D eigenvalue weighted by Crippen LogP contribution is -2.61. The predicted molar refractivity (Wildman–Crippen MR) is 92.6 cm³/mol.